The minimum absolute atomic E-state index is 0.438. The first-order valence-electron chi connectivity index (χ1n) is 7.16. The SMILES string of the molecule is C/C=C1\CC(C)CN([C@@H](C)c2cccc(OC)c2)C1. The molecule has 19 heavy (non-hydrogen) atoms. The van der Waals surface area contributed by atoms with E-state index in [0.29, 0.717) is 6.04 Å². The molecule has 0 saturated carbocycles. The third kappa shape index (κ3) is 3.38. The first-order chi connectivity index (χ1) is 9.13. The fraction of sp³-hybridized carbons (Fsp3) is 0.529. The number of likely N-dealkylation sites (tertiary alicyclic amines) is 1. The molecule has 0 aromatic heterocycles. The summed E-state index contributed by atoms with van der Waals surface area (Å²) in [6.45, 7) is 9.06. The zero-order chi connectivity index (χ0) is 13.8. The van der Waals surface area contributed by atoms with Crippen molar-refractivity contribution in [2.75, 3.05) is 20.2 Å². The van der Waals surface area contributed by atoms with E-state index in [1.54, 1.807) is 12.7 Å². The number of rotatable bonds is 3. The van der Waals surface area contributed by atoms with Crippen LogP contribution in [0.3, 0.4) is 0 Å². The van der Waals surface area contributed by atoms with Gasteiger partial charge in [-0.2, -0.15) is 0 Å². The molecule has 1 fully saturated rings. The van der Waals surface area contributed by atoms with Gasteiger partial charge in [0.25, 0.3) is 0 Å². The molecule has 1 aliphatic heterocycles. The summed E-state index contributed by atoms with van der Waals surface area (Å²) in [6.07, 6.45) is 3.53. The lowest BCUT2D eigenvalue weighted by Crippen LogP contribution is -2.37. The van der Waals surface area contributed by atoms with Crippen molar-refractivity contribution in [1.82, 2.24) is 4.90 Å². The molecule has 0 amide bonds. The Bertz CT molecular complexity index is 452. The highest BCUT2D eigenvalue weighted by atomic mass is 16.5. The second-order valence-electron chi connectivity index (χ2n) is 5.64. The molecule has 2 heteroatoms. The van der Waals surface area contributed by atoms with Crippen molar-refractivity contribution in [3.63, 3.8) is 0 Å². The van der Waals surface area contributed by atoms with E-state index >= 15 is 0 Å². The molecule has 1 aromatic rings. The van der Waals surface area contributed by atoms with Gasteiger partial charge >= 0.3 is 0 Å². The number of hydrogen-bond acceptors (Lipinski definition) is 2. The van der Waals surface area contributed by atoms with Gasteiger partial charge < -0.3 is 4.74 Å². The van der Waals surface area contributed by atoms with Gasteiger partial charge in [-0.05, 0) is 43.9 Å². The summed E-state index contributed by atoms with van der Waals surface area (Å²) in [5.41, 5.74) is 2.90. The molecule has 0 aliphatic carbocycles. The van der Waals surface area contributed by atoms with Crippen LogP contribution in [-0.4, -0.2) is 25.1 Å². The van der Waals surface area contributed by atoms with Gasteiger partial charge in [-0.1, -0.05) is 30.7 Å². The Morgan fingerprint density at radius 1 is 1.42 bits per heavy atom. The summed E-state index contributed by atoms with van der Waals surface area (Å²) < 4.78 is 5.33. The number of nitrogens with zero attached hydrogens (tertiary/aromatic N) is 1. The van der Waals surface area contributed by atoms with Crippen LogP contribution in [0.2, 0.25) is 0 Å². The standard InChI is InChI=1S/C17H25NO/c1-5-15-9-13(2)11-18(12-15)14(3)16-7-6-8-17(10-16)19-4/h5-8,10,13-14H,9,11-12H2,1-4H3/b15-5+/t13?,14-/m0/s1. The number of methoxy groups -OCH3 is 1. The van der Waals surface area contributed by atoms with Crippen LogP contribution in [0.15, 0.2) is 35.9 Å². The van der Waals surface area contributed by atoms with Crippen molar-refractivity contribution >= 4 is 0 Å². The van der Waals surface area contributed by atoms with E-state index in [2.05, 4.69) is 49.9 Å². The number of hydrogen-bond donors (Lipinski definition) is 0. The number of ether oxygens (including phenoxy) is 1. The van der Waals surface area contributed by atoms with E-state index in [9.17, 15) is 0 Å². The summed E-state index contributed by atoms with van der Waals surface area (Å²) in [4.78, 5) is 2.57. The van der Waals surface area contributed by atoms with Crippen LogP contribution in [0.4, 0.5) is 0 Å². The summed E-state index contributed by atoms with van der Waals surface area (Å²) >= 11 is 0. The Kier molecular flexibility index (Phi) is 4.65. The molecule has 1 heterocycles. The molecule has 2 rings (SSSR count). The summed E-state index contributed by atoms with van der Waals surface area (Å²) in [5.74, 6) is 1.69. The van der Waals surface area contributed by atoms with Gasteiger partial charge in [0, 0.05) is 19.1 Å². The molecule has 0 bridgehead atoms. The second kappa shape index (κ2) is 6.25. The van der Waals surface area contributed by atoms with E-state index in [4.69, 9.17) is 4.74 Å². The Morgan fingerprint density at radius 2 is 2.21 bits per heavy atom. The first-order valence-corrected chi connectivity index (χ1v) is 7.16. The number of piperidine rings is 1. The zero-order valence-corrected chi connectivity index (χ0v) is 12.5. The van der Waals surface area contributed by atoms with Crippen molar-refractivity contribution in [1.29, 1.82) is 0 Å². The molecule has 1 aromatic carbocycles. The van der Waals surface area contributed by atoms with Crippen molar-refractivity contribution in [3.8, 4) is 5.75 Å². The largest absolute Gasteiger partial charge is 0.497 e. The smallest absolute Gasteiger partial charge is 0.119 e. The van der Waals surface area contributed by atoms with Crippen LogP contribution in [0, 0.1) is 5.92 Å². The van der Waals surface area contributed by atoms with Gasteiger partial charge in [-0.25, -0.2) is 0 Å². The third-order valence-electron chi connectivity index (χ3n) is 4.10. The normalized spacial score (nSPS) is 24.4. The van der Waals surface area contributed by atoms with E-state index in [1.807, 2.05) is 6.07 Å². The lowest BCUT2D eigenvalue weighted by atomic mass is 9.93. The minimum Gasteiger partial charge on any atom is -0.497 e. The number of benzene rings is 1. The van der Waals surface area contributed by atoms with Crippen LogP contribution in [0.25, 0.3) is 0 Å². The molecule has 104 valence electrons. The molecule has 1 unspecified atom stereocenters. The fourth-order valence-corrected chi connectivity index (χ4v) is 2.92. The molecule has 1 aliphatic rings. The summed E-state index contributed by atoms with van der Waals surface area (Å²) in [5, 5.41) is 0. The van der Waals surface area contributed by atoms with Crippen molar-refractivity contribution in [2.24, 2.45) is 5.92 Å². The highest BCUT2D eigenvalue weighted by Gasteiger charge is 2.24. The monoisotopic (exact) mass is 259 g/mol. The van der Waals surface area contributed by atoms with E-state index in [1.165, 1.54) is 18.5 Å². The molecular formula is C17H25NO. The van der Waals surface area contributed by atoms with Gasteiger partial charge in [0.2, 0.25) is 0 Å². The predicted octanol–water partition coefficient (Wildman–Crippen LogP) is 4.04. The van der Waals surface area contributed by atoms with Gasteiger partial charge in [-0.15, -0.1) is 0 Å². The van der Waals surface area contributed by atoms with Gasteiger partial charge in [-0.3, -0.25) is 4.90 Å². The van der Waals surface area contributed by atoms with E-state index in [0.717, 1.165) is 18.2 Å². The molecule has 2 nitrogen and oxygen atoms in total. The predicted molar refractivity (Wildman–Crippen MR) is 80.5 cm³/mol. The molecule has 1 saturated heterocycles. The molecule has 2 atom stereocenters. The van der Waals surface area contributed by atoms with E-state index < -0.39 is 0 Å². The van der Waals surface area contributed by atoms with Crippen molar-refractivity contribution < 1.29 is 4.74 Å². The quantitative estimate of drug-likeness (QED) is 0.759. The zero-order valence-electron chi connectivity index (χ0n) is 12.5. The lowest BCUT2D eigenvalue weighted by Gasteiger charge is -2.37. The van der Waals surface area contributed by atoms with Crippen LogP contribution >= 0.6 is 0 Å². The Hall–Kier alpha value is -1.28. The minimum atomic E-state index is 0.438. The van der Waals surface area contributed by atoms with Crippen LogP contribution in [0.5, 0.6) is 5.75 Å². The highest BCUT2D eigenvalue weighted by molar-refractivity contribution is 5.30. The van der Waals surface area contributed by atoms with Crippen LogP contribution in [-0.2, 0) is 0 Å². The second-order valence-corrected chi connectivity index (χ2v) is 5.64. The maximum Gasteiger partial charge on any atom is 0.119 e. The molecular weight excluding hydrogens is 234 g/mol. The van der Waals surface area contributed by atoms with Gasteiger partial charge in [0.05, 0.1) is 7.11 Å². The topological polar surface area (TPSA) is 12.5 Å². The van der Waals surface area contributed by atoms with Crippen molar-refractivity contribution in [2.45, 2.75) is 33.2 Å². The summed E-state index contributed by atoms with van der Waals surface area (Å²) in [6, 6.07) is 8.87. The Morgan fingerprint density at radius 3 is 2.89 bits per heavy atom. The maximum absolute atomic E-state index is 5.33. The maximum atomic E-state index is 5.33. The third-order valence-corrected chi connectivity index (χ3v) is 4.10. The van der Waals surface area contributed by atoms with E-state index in [-0.39, 0.29) is 0 Å². The molecule has 0 N–H and O–H groups in total. The fourth-order valence-electron chi connectivity index (χ4n) is 2.92. The van der Waals surface area contributed by atoms with Crippen molar-refractivity contribution in [3.05, 3.63) is 41.5 Å². The Balaban J connectivity index is 2.15. The van der Waals surface area contributed by atoms with Gasteiger partial charge in [0.1, 0.15) is 5.75 Å². The molecule has 0 spiro atoms. The Labute approximate surface area is 117 Å². The average molecular weight is 259 g/mol. The highest BCUT2D eigenvalue weighted by Crippen LogP contribution is 2.30. The van der Waals surface area contributed by atoms with Crippen LogP contribution in [0.1, 0.15) is 38.8 Å². The lowest BCUT2D eigenvalue weighted by molar-refractivity contribution is 0.170. The van der Waals surface area contributed by atoms with Gasteiger partial charge in [0.15, 0.2) is 0 Å². The first kappa shape index (κ1) is 14.1. The molecule has 0 radical (unpaired) electrons. The number of allylic oxidation sites excluding steroid dienone is 1. The average Bonchev–Trinajstić information content (AvgIpc) is 2.45. The van der Waals surface area contributed by atoms with Crippen LogP contribution < -0.4 is 4.74 Å². The summed E-state index contributed by atoms with van der Waals surface area (Å²) in [7, 11) is 1.73.